The highest BCUT2D eigenvalue weighted by Crippen LogP contribution is 2.20. The molecule has 1 aliphatic rings. The number of aromatic nitrogens is 1. The monoisotopic (exact) mass is 273 g/mol. The van der Waals surface area contributed by atoms with Gasteiger partial charge in [-0.25, -0.2) is 4.39 Å². The smallest absolute Gasteiger partial charge is 0.124 e. The van der Waals surface area contributed by atoms with E-state index in [1.807, 2.05) is 12.1 Å². The molecular formula is C16H20FN3. The quantitative estimate of drug-likeness (QED) is 0.928. The van der Waals surface area contributed by atoms with Crippen molar-refractivity contribution in [3.8, 4) is 0 Å². The molecule has 4 heteroatoms. The van der Waals surface area contributed by atoms with Crippen LogP contribution in [0.25, 0.3) is 10.9 Å². The molecule has 1 fully saturated rings. The minimum Gasteiger partial charge on any atom is -0.313 e. The first kappa shape index (κ1) is 13.5. The van der Waals surface area contributed by atoms with Gasteiger partial charge < -0.3 is 10.2 Å². The molecule has 1 N–H and O–H groups in total. The lowest BCUT2D eigenvalue weighted by Gasteiger charge is -2.21. The molecule has 1 atom stereocenters. The van der Waals surface area contributed by atoms with Crippen molar-refractivity contribution >= 4 is 10.9 Å². The molecule has 0 radical (unpaired) electrons. The molecule has 20 heavy (non-hydrogen) atoms. The average molecular weight is 273 g/mol. The van der Waals surface area contributed by atoms with E-state index < -0.39 is 0 Å². The summed E-state index contributed by atoms with van der Waals surface area (Å²) >= 11 is 0. The van der Waals surface area contributed by atoms with Gasteiger partial charge >= 0.3 is 0 Å². The van der Waals surface area contributed by atoms with Crippen LogP contribution in [0.5, 0.6) is 0 Å². The number of hydrogen-bond acceptors (Lipinski definition) is 3. The fourth-order valence-electron chi connectivity index (χ4n) is 2.99. The minimum atomic E-state index is -0.187. The predicted molar refractivity (Wildman–Crippen MR) is 79.1 cm³/mol. The van der Waals surface area contributed by atoms with Crippen molar-refractivity contribution in [1.82, 2.24) is 15.2 Å². The lowest BCUT2D eigenvalue weighted by atomic mass is 10.1. The van der Waals surface area contributed by atoms with Gasteiger partial charge in [-0.2, -0.15) is 0 Å². The Hall–Kier alpha value is -1.52. The molecule has 0 amide bonds. The number of hydrogen-bond donors (Lipinski definition) is 1. The Kier molecular flexibility index (Phi) is 3.94. The summed E-state index contributed by atoms with van der Waals surface area (Å²) < 4.78 is 13.7. The summed E-state index contributed by atoms with van der Waals surface area (Å²) in [5.41, 5.74) is 1.86. The third kappa shape index (κ3) is 2.97. The van der Waals surface area contributed by atoms with Gasteiger partial charge in [0.25, 0.3) is 0 Å². The van der Waals surface area contributed by atoms with Crippen LogP contribution in [-0.4, -0.2) is 36.1 Å². The van der Waals surface area contributed by atoms with Crippen LogP contribution in [0.2, 0.25) is 0 Å². The molecule has 0 saturated carbocycles. The van der Waals surface area contributed by atoms with Gasteiger partial charge in [-0.05, 0) is 50.2 Å². The highest BCUT2D eigenvalue weighted by Gasteiger charge is 2.16. The molecule has 1 aliphatic heterocycles. The lowest BCUT2D eigenvalue weighted by molar-refractivity contribution is 0.293. The number of fused-ring (bicyclic) bond motifs is 1. The number of nitrogens with zero attached hydrogens (tertiary/aromatic N) is 2. The van der Waals surface area contributed by atoms with Crippen molar-refractivity contribution in [3.63, 3.8) is 0 Å². The molecule has 1 saturated heterocycles. The second kappa shape index (κ2) is 5.85. The summed E-state index contributed by atoms with van der Waals surface area (Å²) in [4.78, 5) is 6.64. The fourth-order valence-corrected chi connectivity index (χ4v) is 2.99. The summed E-state index contributed by atoms with van der Waals surface area (Å²) in [7, 11) is 2.08. The van der Waals surface area contributed by atoms with E-state index in [9.17, 15) is 4.39 Å². The molecule has 3 nitrogen and oxygen atoms in total. The van der Waals surface area contributed by atoms with Gasteiger partial charge in [-0.1, -0.05) is 6.07 Å². The summed E-state index contributed by atoms with van der Waals surface area (Å²) in [6.45, 7) is 2.83. The number of likely N-dealkylation sites (N-methyl/N-ethyl adjacent to an activating group) is 1. The molecule has 0 aliphatic carbocycles. The Morgan fingerprint density at radius 2 is 2.35 bits per heavy atom. The van der Waals surface area contributed by atoms with Gasteiger partial charge in [0, 0.05) is 30.7 Å². The average Bonchev–Trinajstić information content (AvgIpc) is 2.91. The van der Waals surface area contributed by atoms with Crippen molar-refractivity contribution < 1.29 is 4.39 Å². The van der Waals surface area contributed by atoms with Crippen molar-refractivity contribution in [1.29, 1.82) is 0 Å². The Morgan fingerprint density at radius 1 is 1.45 bits per heavy atom. The molecule has 0 bridgehead atoms. The topological polar surface area (TPSA) is 28.2 Å². The van der Waals surface area contributed by atoms with E-state index in [1.54, 1.807) is 18.3 Å². The molecule has 1 aromatic heterocycles. The third-order valence-corrected chi connectivity index (χ3v) is 3.88. The summed E-state index contributed by atoms with van der Waals surface area (Å²) in [5, 5.41) is 4.36. The van der Waals surface area contributed by atoms with Crippen LogP contribution in [0.1, 0.15) is 18.4 Å². The Labute approximate surface area is 118 Å². The largest absolute Gasteiger partial charge is 0.313 e. The van der Waals surface area contributed by atoms with Crippen molar-refractivity contribution in [2.75, 3.05) is 20.1 Å². The van der Waals surface area contributed by atoms with Gasteiger partial charge in [-0.15, -0.1) is 0 Å². The zero-order valence-electron chi connectivity index (χ0n) is 11.8. The first-order chi connectivity index (χ1) is 9.72. The normalized spacial score (nSPS) is 19.1. The second-order valence-corrected chi connectivity index (χ2v) is 5.63. The van der Waals surface area contributed by atoms with Gasteiger partial charge in [-0.3, -0.25) is 4.98 Å². The fraction of sp³-hybridized carbons (Fsp3) is 0.438. The van der Waals surface area contributed by atoms with Crippen LogP contribution < -0.4 is 5.32 Å². The third-order valence-electron chi connectivity index (χ3n) is 3.88. The van der Waals surface area contributed by atoms with E-state index in [-0.39, 0.29) is 5.82 Å². The van der Waals surface area contributed by atoms with Crippen molar-refractivity contribution in [2.24, 2.45) is 0 Å². The van der Waals surface area contributed by atoms with Crippen LogP contribution in [-0.2, 0) is 6.54 Å². The number of rotatable bonds is 4. The van der Waals surface area contributed by atoms with Crippen molar-refractivity contribution in [3.05, 3.63) is 41.8 Å². The Balaban J connectivity index is 1.79. The first-order valence-corrected chi connectivity index (χ1v) is 7.17. The molecular weight excluding hydrogens is 253 g/mol. The highest BCUT2D eigenvalue weighted by molar-refractivity contribution is 5.81. The van der Waals surface area contributed by atoms with Crippen LogP contribution >= 0.6 is 0 Å². The van der Waals surface area contributed by atoms with E-state index >= 15 is 0 Å². The number of halogens is 1. The second-order valence-electron chi connectivity index (χ2n) is 5.63. The SMILES string of the molecule is CN(Cc1cc(F)cc2cccnc12)CC1CCCN1. The Bertz CT molecular complexity index is 593. The van der Waals surface area contributed by atoms with E-state index in [2.05, 4.69) is 22.2 Å². The predicted octanol–water partition coefficient (Wildman–Crippen LogP) is 2.56. The van der Waals surface area contributed by atoms with Gasteiger partial charge in [0.15, 0.2) is 0 Å². The lowest BCUT2D eigenvalue weighted by Crippen LogP contribution is -2.35. The molecule has 3 rings (SSSR count). The molecule has 106 valence electrons. The number of pyridine rings is 1. The maximum absolute atomic E-state index is 13.7. The van der Waals surface area contributed by atoms with Gasteiger partial charge in [0.2, 0.25) is 0 Å². The number of benzene rings is 1. The molecule has 1 unspecified atom stereocenters. The molecule has 2 heterocycles. The van der Waals surface area contributed by atoms with E-state index in [4.69, 9.17) is 0 Å². The van der Waals surface area contributed by atoms with Crippen LogP contribution in [0, 0.1) is 5.82 Å². The van der Waals surface area contributed by atoms with Crippen molar-refractivity contribution in [2.45, 2.75) is 25.4 Å². The van der Waals surface area contributed by atoms with Gasteiger partial charge in [0.05, 0.1) is 5.52 Å². The standard InChI is InChI=1S/C16H20FN3/c1-20(11-15-5-3-6-18-15)10-13-9-14(17)8-12-4-2-7-19-16(12)13/h2,4,7-9,15,18H,3,5-6,10-11H2,1H3. The van der Waals surface area contributed by atoms with Crippen LogP contribution in [0.3, 0.4) is 0 Å². The number of nitrogens with one attached hydrogen (secondary N) is 1. The van der Waals surface area contributed by atoms with Crippen LogP contribution in [0.15, 0.2) is 30.5 Å². The highest BCUT2D eigenvalue weighted by atomic mass is 19.1. The summed E-state index contributed by atoms with van der Waals surface area (Å²) in [5.74, 6) is -0.187. The van der Waals surface area contributed by atoms with Gasteiger partial charge in [0.1, 0.15) is 5.82 Å². The molecule has 2 aromatic rings. The molecule has 0 spiro atoms. The maximum atomic E-state index is 13.7. The summed E-state index contributed by atoms with van der Waals surface area (Å²) in [6.07, 6.45) is 4.25. The summed E-state index contributed by atoms with van der Waals surface area (Å²) in [6, 6.07) is 7.47. The zero-order valence-corrected chi connectivity index (χ0v) is 11.8. The zero-order chi connectivity index (χ0) is 13.9. The van der Waals surface area contributed by atoms with E-state index in [1.165, 1.54) is 12.8 Å². The maximum Gasteiger partial charge on any atom is 0.124 e. The van der Waals surface area contributed by atoms with E-state index in [0.717, 1.165) is 36.1 Å². The minimum absolute atomic E-state index is 0.187. The molecule has 1 aromatic carbocycles. The Morgan fingerprint density at radius 3 is 3.15 bits per heavy atom. The first-order valence-electron chi connectivity index (χ1n) is 7.17. The van der Waals surface area contributed by atoms with Crippen LogP contribution in [0.4, 0.5) is 4.39 Å². The van der Waals surface area contributed by atoms with E-state index in [0.29, 0.717) is 6.04 Å².